The molecule has 2 atom stereocenters. The van der Waals surface area contributed by atoms with Crippen LogP contribution in [0.25, 0.3) is 16.9 Å². The van der Waals surface area contributed by atoms with Gasteiger partial charge in [0.25, 0.3) is 5.56 Å². The standard InChI is InChI=1S/C18H12ClF4N5O3/c1-7-4-11(17(30)31)28-13(29)5-9(24-16(7)28)14-10(3-2-8(19)15(14)20)27-6-12(25-26-27)18(21,22)23/h2-3,5-7,11H,4H2,1H3,(H,30,31)/t7?,11-/m0/s1. The van der Waals surface area contributed by atoms with Crippen molar-refractivity contribution in [2.45, 2.75) is 31.5 Å². The average molecular weight is 458 g/mol. The fourth-order valence-corrected chi connectivity index (χ4v) is 3.70. The zero-order chi connectivity index (χ0) is 22.7. The van der Waals surface area contributed by atoms with Crippen LogP contribution >= 0.6 is 11.6 Å². The number of carboxylic acids is 1. The summed E-state index contributed by atoms with van der Waals surface area (Å²) in [6.07, 6.45) is -4.09. The van der Waals surface area contributed by atoms with E-state index in [4.69, 9.17) is 11.6 Å². The number of hydrogen-bond acceptors (Lipinski definition) is 5. The van der Waals surface area contributed by atoms with Crippen molar-refractivity contribution in [2.24, 2.45) is 0 Å². The summed E-state index contributed by atoms with van der Waals surface area (Å²) in [5.41, 5.74) is -2.79. The van der Waals surface area contributed by atoms with Gasteiger partial charge in [-0.2, -0.15) is 13.2 Å². The van der Waals surface area contributed by atoms with E-state index < -0.39 is 41.2 Å². The highest BCUT2D eigenvalue weighted by Gasteiger charge is 2.37. The van der Waals surface area contributed by atoms with Crippen LogP contribution in [0.15, 0.2) is 29.2 Å². The van der Waals surface area contributed by atoms with Crippen molar-refractivity contribution in [2.75, 3.05) is 0 Å². The molecule has 3 heterocycles. The lowest BCUT2D eigenvalue weighted by Crippen LogP contribution is -2.28. The molecule has 0 saturated heterocycles. The molecule has 1 unspecified atom stereocenters. The van der Waals surface area contributed by atoms with Gasteiger partial charge in [-0.15, -0.1) is 5.10 Å². The van der Waals surface area contributed by atoms with Crippen LogP contribution in [0, 0.1) is 5.82 Å². The molecular weight excluding hydrogens is 446 g/mol. The third-order valence-electron chi connectivity index (χ3n) is 4.95. The third-order valence-corrected chi connectivity index (χ3v) is 5.25. The highest BCUT2D eigenvalue weighted by atomic mass is 35.5. The minimum atomic E-state index is -4.77. The number of aromatic nitrogens is 5. The molecule has 0 saturated carbocycles. The predicted molar refractivity (Wildman–Crippen MR) is 98.5 cm³/mol. The summed E-state index contributed by atoms with van der Waals surface area (Å²) in [5, 5.41) is 15.5. The van der Waals surface area contributed by atoms with E-state index in [0.717, 1.165) is 16.7 Å². The first kappa shape index (κ1) is 21.0. The number of fused-ring (bicyclic) bond motifs is 1. The van der Waals surface area contributed by atoms with Crippen molar-refractivity contribution >= 4 is 17.6 Å². The first-order valence-electron chi connectivity index (χ1n) is 8.83. The van der Waals surface area contributed by atoms with E-state index in [1.807, 2.05) is 0 Å². The van der Waals surface area contributed by atoms with E-state index in [2.05, 4.69) is 15.3 Å². The summed E-state index contributed by atoms with van der Waals surface area (Å²) in [4.78, 5) is 28.4. The van der Waals surface area contributed by atoms with Crippen LogP contribution in [-0.2, 0) is 11.0 Å². The lowest BCUT2D eigenvalue weighted by Gasteiger charge is -2.14. The molecule has 1 aromatic carbocycles. The minimum absolute atomic E-state index is 0.115. The monoisotopic (exact) mass is 457 g/mol. The molecule has 0 fully saturated rings. The van der Waals surface area contributed by atoms with Gasteiger partial charge in [0.05, 0.1) is 28.2 Å². The topological polar surface area (TPSA) is 103 Å². The van der Waals surface area contributed by atoms with Crippen molar-refractivity contribution in [3.63, 3.8) is 0 Å². The molecule has 1 aliphatic heterocycles. The van der Waals surface area contributed by atoms with E-state index >= 15 is 4.39 Å². The molecule has 2 aromatic heterocycles. The maximum absolute atomic E-state index is 15.0. The lowest BCUT2D eigenvalue weighted by atomic mass is 10.1. The van der Waals surface area contributed by atoms with Gasteiger partial charge in [-0.25, -0.2) is 18.9 Å². The molecule has 4 rings (SSSR count). The normalized spacial score (nSPS) is 18.3. The summed E-state index contributed by atoms with van der Waals surface area (Å²) in [6.45, 7) is 1.66. The van der Waals surface area contributed by atoms with Gasteiger partial charge in [-0.05, 0) is 18.6 Å². The summed E-state index contributed by atoms with van der Waals surface area (Å²) < 4.78 is 55.5. The Bertz CT molecular complexity index is 1270. The molecule has 13 heteroatoms. The Morgan fingerprint density at radius 3 is 2.65 bits per heavy atom. The van der Waals surface area contributed by atoms with Gasteiger partial charge in [0, 0.05) is 12.0 Å². The first-order chi connectivity index (χ1) is 14.5. The molecule has 0 amide bonds. The number of carboxylic acid groups (broad SMARTS) is 1. The van der Waals surface area contributed by atoms with Gasteiger partial charge < -0.3 is 5.11 Å². The van der Waals surface area contributed by atoms with Crippen LogP contribution in [0.1, 0.15) is 36.8 Å². The van der Waals surface area contributed by atoms with Gasteiger partial charge in [0.2, 0.25) is 0 Å². The minimum Gasteiger partial charge on any atom is -0.480 e. The summed E-state index contributed by atoms with van der Waals surface area (Å²) in [5.74, 6) is -2.54. The molecule has 8 nitrogen and oxygen atoms in total. The van der Waals surface area contributed by atoms with Crippen LogP contribution in [-0.4, -0.2) is 35.6 Å². The summed E-state index contributed by atoms with van der Waals surface area (Å²) in [6, 6.07) is 2.13. The average Bonchev–Trinajstić information content (AvgIpc) is 3.29. The zero-order valence-corrected chi connectivity index (χ0v) is 16.3. The predicted octanol–water partition coefficient (Wildman–Crippen LogP) is 3.44. The largest absolute Gasteiger partial charge is 0.480 e. The van der Waals surface area contributed by atoms with E-state index in [1.165, 1.54) is 6.07 Å². The Kier molecular flexibility index (Phi) is 4.84. The number of benzene rings is 1. The maximum atomic E-state index is 15.0. The number of alkyl halides is 3. The van der Waals surface area contributed by atoms with Gasteiger partial charge in [0.1, 0.15) is 11.9 Å². The van der Waals surface area contributed by atoms with Crippen LogP contribution in [0.4, 0.5) is 17.6 Å². The van der Waals surface area contributed by atoms with Crippen molar-refractivity contribution < 1.29 is 27.5 Å². The third kappa shape index (κ3) is 3.46. The second-order valence-corrected chi connectivity index (χ2v) is 7.41. The van der Waals surface area contributed by atoms with Gasteiger partial charge in [-0.3, -0.25) is 9.36 Å². The second-order valence-electron chi connectivity index (χ2n) is 7.00. The number of carbonyl (C=O) groups is 1. The van der Waals surface area contributed by atoms with Crippen molar-refractivity contribution in [1.82, 2.24) is 24.5 Å². The number of hydrogen-bond donors (Lipinski definition) is 1. The van der Waals surface area contributed by atoms with Gasteiger partial charge in [-0.1, -0.05) is 23.7 Å². The highest BCUT2D eigenvalue weighted by molar-refractivity contribution is 6.31. The van der Waals surface area contributed by atoms with Gasteiger partial charge in [0.15, 0.2) is 11.5 Å². The molecule has 0 radical (unpaired) electrons. The number of nitrogens with zero attached hydrogens (tertiary/aromatic N) is 5. The smallest absolute Gasteiger partial charge is 0.436 e. The fourth-order valence-electron chi connectivity index (χ4n) is 3.54. The second kappa shape index (κ2) is 7.15. The molecule has 1 aliphatic rings. The quantitative estimate of drug-likeness (QED) is 0.604. The molecule has 1 N–H and O–H groups in total. The van der Waals surface area contributed by atoms with E-state index in [0.29, 0.717) is 10.9 Å². The Hall–Kier alpha value is -3.28. The lowest BCUT2D eigenvalue weighted by molar-refractivity contribution is -0.141. The summed E-state index contributed by atoms with van der Waals surface area (Å²) >= 11 is 5.86. The Morgan fingerprint density at radius 1 is 1.32 bits per heavy atom. The van der Waals surface area contributed by atoms with E-state index in [9.17, 15) is 27.9 Å². The Balaban J connectivity index is 1.94. The van der Waals surface area contributed by atoms with E-state index in [-0.39, 0.29) is 34.2 Å². The van der Waals surface area contributed by atoms with E-state index in [1.54, 1.807) is 6.92 Å². The molecule has 0 bridgehead atoms. The van der Waals surface area contributed by atoms with Crippen LogP contribution in [0.2, 0.25) is 5.02 Å². The number of aliphatic carboxylic acids is 1. The Morgan fingerprint density at radius 2 is 2.03 bits per heavy atom. The maximum Gasteiger partial charge on any atom is 0.436 e. The van der Waals surface area contributed by atoms with Crippen molar-refractivity contribution in [3.05, 3.63) is 57.1 Å². The number of halogens is 5. The van der Waals surface area contributed by atoms with Crippen LogP contribution in [0.3, 0.4) is 0 Å². The van der Waals surface area contributed by atoms with Crippen LogP contribution < -0.4 is 5.56 Å². The molecule has 0 spiro atoms. The molecule has 3 aromatic rings. The van der Waals surface area contributed by atoms with Gasteiger partial charge >= 0.3 is 12.1 Å². The highest BCUT2D eigenvalue weighted by Crippen LogP contribution is 2.37. The zero-order valence-electron chi connectivity index (χ0n) is 15.6. The SMILES string of the molecule is CC1C[C@@H](C(=O)O)n2c1nc(-c1c(-n3cc(C(F)(F)F)nn3)ccc(Cl)c1F)cc2=O. The Labute approximate surface area is 175 Å². The van der Waals surface area contributed by atoms with Crippen LogP contribution in [0.5, 0.6) is 0 Å². The van der Waals surface area contributed by atoms with Crippen molar-refractivity contribution in [3.8, 4) is 16.9 Å². The fraction of sp³-hybridized carbons (Fsp3) is 0.278. The van der Waals surface area contributed by atoms with Crippen molar-refractivity contribution in [1.29, 1.82) is 0 Å². The first-order valence-corrected chi connectivity index (χ1v) is 9.21. The number of rotatable bonds is 3. The molecule has 31 heavy (non-hydrogen) atoms. The summed E-state index contributed by atoms with van der Waals surface area (Å²) in [7, 11) is 0. The molecule has 162 valence electrons. The molecule has 0 aliphatic carbocycles. The molecular formula is C18H12ClF4N5O3.